The Morgan fingerprint density at radius 3 is 1.60 bits per heavy atom. The molecule has 0 aromatic heterocycles. The van der Waals surface area contributed by atoms with E-state index in [0.717, 1.165) is 12.8 Å². The molecule has 2 atom stereocenters. The second kappa shape index (κ2) is 9.49. The number of primary amides is 1. The molecule has 2 unspecified atom stereocenters. The Balaban J connectivity index is 0. The van der Waals surface area contributed by atoms with Crippen LogP contribution in [0, 0.1) is 11.8 Å². The summed E-state index contributed by atoms with van der Waals surface area (Å²) in [5.41, 5.74) is 4.91. The number of ether oxygens (including phenoxy) is 1. The first-order valence-corrected chi connectivity index (χ1v) is 5.27. The zero-order valence-electron chi connectivity index (χ0n) is 10.4. The van der Waals surface area contributed by atoms with E-state index in [0.29, 0.717) is 0 Å². The quantitative estimate of drug-likeness (QED) is 0.729. The Morgan fingerprint density at radius 1 is 1.13 bits per heavy atom. The molecular formula is C11H23NO3. The van der Waals surface area contributed by atoms with Crippen molar-refractivity contribution in [1.29, 1.82) is 0 Å². The molecule has 0 fully saturated rings. The SMILES string of the molecule is CCC(C)C(=O)OC.CCC(C)C(N)=O. The van der Waals surface area contributed by atoms with Crippen molar-refractivity contribution in [2.45, 2.75) is 40.5 Å². The van der Waals surface area contributed by atoms with Crippen molar-refractivity contribution in [3.05, 3.63) is 0 Å². The Kier molecular flexibility index (Phi) is 10.4. The zero-order chi connectivity index (χ0) is 12.4. The highest BCUT2D eigenvalue weighted by Gasteiger charge is 2.08. The van der Waals surface area contributed by atoms with E-state index in [1.165, 1.54) is 7.11 Å². The van der Waals surface area contributed by atoms with E-state index in [4.69, 9.17) is 5.73 Å². The van der Waals surface area contributed by atoms with Gasteiger partial charge < -0.3 is 10.5 Å². The summed E-state index contributed by atoms with van der Waals surface area (Å²) in [7, 11) is 1.41. The zero-order valence-corrected chi connectivity index (χ0v) is 10.4. The van der Waals surface area contributed by atoms with Gasteiger partial charge in [-0.3, -0.25) is 9.59 Å². The molecule has 0 bridgehead atoms. The summed E-state index contributed by atoms with van der Waals surface area (Å²) < 4.78 is 4.46. The molecule has 2 N–H and O–H groups in total. The number of hydrogen-bond donors (Lipinski definition) is 1. The summed E-state index contributed by atoms with van der Waals surface area (Å²) in [6.45, 7) is 7.57. The van der Waals surface area contributed by atoms with Crippen LogP contribution in [0.3, 0.4) is 0 Å². The highest BCUT2D eigenvalue weighted by molar-refractivity contribution is 5.76. The molecule has 0 aromatic carbocycles. The highest BCUT2D eigenvalue weighted by Crippen LogP contribution is 2.00. The van der Waals surface area contributed by atoms with E-state index in [-0.39, 0.29) is 23.7 Å². The maximum absolute atomic E-state index is 10.5. The molecule has 0 aliphatic heterocycles. The number of hydrogen-bond acceptors (Lipinski definition) is 3. The molecule has 4 nitrogen and oxygen atoms in total. The van der Waals surface area contributed by atoms with Gasteiger partial charge in [0.15, 0.2) is 0 Å². The van der Waals surface area contributed by atoms with Gasteiger partial charge >= 0.3 is 5.97 Å². The molecule has 0 rings (SSSR count). The minimum atomic E-state index is -0.206. The first-order valence-electron chi connectivity index (χ1n) is 5.27. The number of esters is 1. The lowest BCUT2D eigenvalue weighted by atomic mass is 10.1. The van der Waals surface area contributed by atoms with Gasteiger partial charge in [0.25, 0.3) is 0 Å². The predicted molar refractivity (Wildman–Crippen MR) is 60.1 cm³/mol. The van der Waals surface area contributed by atoms with Crippen LogP contribution in [0.25, 0.3) is 0 Å². The summed E-state index contributed by atoms with van der Waals surface area (Å²) in [6.07, 6.45) is 1.70. The second-order valence-corrected chi connectivity index (χ2v) is 3.54. The van der Waals surface area contributed by atoms with Crippen molar-refractivity contribution in [2.75, 3.05) is 7.11 Å². The lowest BCUT2D eigenvalue weighted by molar-refractivity contribution is -0.144. The summed E-state index contributed by atoms with van der Waals surface area (Å²) in [5, 5.41) is 0. The molecular weight excluding hydrogens is 194 g/mol. The normalized spacial score (nSPS) is 13.1. The Bertz CT molecular complexity index is 192. The maximum atomic E-state index is 10.5. The molecule has 90 valence electrons. The van der Waals surface area contributed by atoms with Crippen LogP contribution in [0.5, 0.6) is 0 Å². The Labute approximate surface area is 92.2 Å². The van der Waals surface area contributed by atoms with Gasteiger partial charge in [-0.25, -0.2) is 0 Å². The van der Waals surface area contributed by atoms with Gasteiger partial charge in [-0.05, 0) is 12.8 Å². The number of methoxy groups -OCH3 is 1. The number of rotatable bonds is 4. The van der Waals surface area contributed by atoms with Crippen molar-refractivity contribution in [3.8, 4) is 0 Å². The summed E-state index contributed by atoms with van der Waals surface area (Å²) in [6, 6.07) is 0. The van der Waals surface area contributed by atoms with E-state index in [9.17, 15) is 9.59 Å². The van der Waals surface area contributed by atoms with Crippen LogP contribution in [0.1, 0.15) is 40.5 Å². The lowest BCUT2D eigenvalue weighted by Gasteiger charge is -2.02. The van der Waals surface area contributed by atoms with E-state index in [1.54, 1.807) is 0 Å². The van der Waals surface area contributed by atoms with E-state index in [2.05, 4.69) is 4.74 Å². The van der Waals surface area contributed by atoms with Crippen molar-refractivity contribution >= 4 is 11.9 Å². The molecule has 0 aliphatic rings. The molecule has 0 saturated carbocycles. The fraction of sp³-hybridized carbons (Fsp3) is 0.818. The average molecular weight is 217 g/mol. The van der Waals surface area contributed by atoms with Gasteiger partial charge in [0.05, 0.1) is 13.0 Å². The number of carbonyl (C=O) groups excluding carboxylic acids is 2. The molecule has 0 heterocycles. The van der Waals surface area contributed by atoms with Gasteiger partial charge in [-0.15, -0.1) is 0 Å². The maximum Gasteiger partial charge on any atom is 0.308 e. The minimum absolute atomic E-state index is 0.0417. The third kappa shape index (κ3) is 9.25. The Morgan fingerprint density at radius 2 is 1.53 bits per heavy atom. The first-order chi connectivity index (χ1) is 6.90. The van der Waals surface area contributed by atoms with Crippen LogP contribution < -0.4 is 5.73 Å². The van der Waals surface area contributed by atoms with Crippen molar-refractivity contribution in [3.63, 3.8) is 0 Å². The lowest BCUT2D eigenvalue weighted by Crippen LogP contribution is -2.19. The second-order valence-electron chi connectivity index (χ2n) is 3.54. The molecule has 0 aromatic rings. The summed E-state index contributed by atoms with van der Waals surface area (Å²) >= 11 is 0. The van der Waals surface area contributed by atoms with Gasteiger partial charge in [-0.1, -0.05) is 27.7 Å². The average Bonchev–Trinajstić information content (AvgIpc) is 2.26. The van der Waals surface area contributed by atoms with Gasteiger partial charge in [0.2, 0.25) is 5.91 Å². The Hall–Kier alpha value is -1.06. The largest absolute Gasteiger partial charge is 0.469 e. The third-order valence-electron chi connectivity index (χ3n) is 2.31. The fourth-order valence-electron chi connectivity index (χ4n) is 0.569. The third-order valence-corrected chi connectivity index (χ3v) is 2.31. The van der Waals surface area contributed by atoms with Gasteiger partial charge in [0, 0.05) is 5.92 Å². The topological polar surface area (TPSA) is 69.4 Å². The molecule has 0 spiro atoms. The number of nitrogens with two attached hydrogens (primary N) is 1. The standard InChI is InChI=1S/C6H12O2.C5H11NO/c1-4-5(2)6(7)8-3;1-3-4(2)5(6)7/h5H,4H2,1-3H3;4H,3H2,1-2H3,(H2,6,7). The van der Waals surface area contributed by atoms with E-state index < -0.39 is 0 Å². The molecule has 0 radical (unpaired) electrons. The highest BCUT2D eigenvalue weighted by atomic mass is 16.5. The number of carbonyl (C=O) groups is 2. The van der Waals surface area contributed by atoms with Gasteiger partial charge in [0.1, 0.15) is 0 Å². The summed E-state index contributed by atoms with van der Waals surface area (Å²) in [5.74, 6) is -0.227. The van der Waals surface area contributed by atoms with Crippen LogP contribution in [-0.4, -0.2) is 19.0 Å². The molecule has 0 saturated heterocycles. The van der Waals surface area contributed by atoms with Crippen molar-refractivity contribution < 1.29 is 14.3 Å². The van der Waals surface area contributed by atoms with Crippen LogP contribution in [-0.2, 0) is 14.3 Å². The molecule has 1 amide bonds. The monoisotopic (exact) mass is 217 g/mol. The van der Waals surface area contributed by atoms with Crippen molar-refractivity contribution in [1.82, 2.24) is 0 Å². The smallest absolute Gasteiger partial charge is 0.308 e. The minimum Gasteiger partial charge on any atom is -0.469 e. The summed E-state index contributed by atoms with van der Waals surface area (Å²) in [4.78, 5) is 20.7. The van der Waals surface area contributed by atoms with Crippen LogP contribution in [0.4, 0.5) is 0 Å². The molecule has 15 heavy (non-hydrogen) atoms. The van der Waals surface area contributed by atoms with E-state index >= 15 is 0 Å². The molecule has 0 aliphatic carbocycles. The first kappa shape index (κ1) is 16.4. The fourth-order valence-corrected chi connectivity index (χ4v) is 0.569. The molecule has 4 heteroatoms. The van der Waals surface area contributed by atoms with Crippen LogP contribution in [0.2, 0.25) is 0 Å². The predicted octanol–water partition coefficient (Wildman–Crippen LogP) is 1.72. The van der Waals surface area contributed by atoms with Crippen LogP contribution in [0.15, 0.2) is 0 Å². The van der Waals surface area contributed by atoms with Crippen LogP contribution >= 0.6 is 0 Å². The van der Waals surface area contributed by atoms with Crippen molar-refractivity contribution in [2.24, 2.45) is 17.6 Å². The van der Waals surface area contributed by atoms with E-state index in [1.807, 2.05) is 27.7 Å². The van der Waals surface area contributed by atoms with Gasteiger partial charge in [-0.2, -0.15) is 0 Å². The number of amides is 1.